The molecule has 2 heterocycles. The second-order valence-corrected chi connectivity index (χ2v) is 8.35. The van der Waals surface area contributed by atoms with Gasteiger partial charge in [-0.1, -0.05) is 67.2 Å². The van der Waals surface area contributed by atoms with E-state index in [0.717, 1.165) is 17.5 Å². The van der Waals surface area contributed by atoms with Gasteiger partial charge in [0, 0.05) is 26.2 Å². The molecule has 2 saturated heterocycles. The third-order valence-electron chi connectivity index (χ3n) is 6.58. The molecule has 2 fully saturated rings. The van der Waals surface area contributed by atoms with E-state index in [-0.39, 0.29) is 17.9 Å². The van der Waals surface area contributed by atoms with Crippen molar-refractivity contribution in [2.24, 2.45) is 0 Å². The lowest BCUT2D eigenvalue weighted by molar-refractivity contribution is -0.142. The maximum absolute atomic E-state index is 14.1. The quantitative estimate of drug-likeness (QED) is 0.711. The Labute approximate surface area is 184 Å². The summed E-state index contributed by atoms with van der Waals surface area (Å²) in [4.78, 5) is 30.0. The molecule has 2 aromatic rings. The molecule has 2 amide bonds. The van der Waals surface area contributed by atoms with Gasteiger partial charge in [-0.2, -0.15) is 0 Å². The van der Waals surface area contributed by atoms with Crippen LogP contribution < -0.4 is 0 Å². The first-order valence-electron chi connectivity index (χ1n) is 11.1. The summed E-state index contributed by atoms with van der Waals surface area (Å²) in [6.45, 7) is 6.59. The molecule has 0 saturated carbocycles. The van der Waals surface area contributed by atoms with Crippen LogP contribution in [-0.2, 0) is 19.7 Å². The molecule has 2 aromatic carbocycles. The van der Waals surface area contributed by atoms with Crippen LogP contribution in [0.15, 0.2) is 73.3 Å². The van der Waals surface area contributed by atoms with Crippen LogP contribution in [0.1, 0.15) is 36.5 Å². The van der Waals surface area contributed by atoms with Gasteiger partial charge in [0.25, 0.3) is 0 Å². The van der Waals surface area contributed by atoms with Crippen LogP contribution >= 0.6 is 0 Å². The molecule has 0 N–H and O–H groups in total. The molecular weight excluding hydrogens is 388 g/mol. The maximum Gasteiger partial charge on any atom is 0.245 e. The van der Waals surface area contributed by atoms with Gasteiger partial charge in [0.2, 0.25) is 11.8 Å². The van der Waals surface area contributed by atoms with Gasteiger partial charge < -0.3 is 14.5 Å². The standard InChI is InChI=1S/C26H30N2O3/c1-2-24(29)27-17-14-26(15-18-27,22-12-7-4-8-13-22)25(30)28-16-9-19-31-23(20-28)21-10-5-3-6-11-21/h2-8,10-13,23H,1,9,14-20H2. The third-order valence-corrected chi connectivity index (χ3v) is 6.58. The highest BCUT2D eigenvalue weighted by atomic mass is 16.5. The van der Waals surface area contributed by atoms with Crippen molar-refractivity contribution in [2.75, 3.05) is 32.8 Å². The Morgan fingerprint density at radius 1 is 0.935 bits per heavy atom. The molecular formula is C26H30N2O3. The monoisotopic (exact) mass is 418 g/mol. The van der Waals surface area contributed by atoms with E-state index in [2.05, 4.69) is 18.7 Å². The van der Waals surface area contributed by atoms with E-state index in [1.54, 1.807) is 4.90 Å². The van der Waals surface area contributed by atoms with E-state index in [0.29, 0.717) is 45.6 Å². The predicted octanol–water partition coefficient (Wildman–Crippen LogP) is 3.72. The first kappa shape index (κ1) is 21.3. The number of amides is 2. The van der Waals surface area contributed by atoms with Crippen molar-refractivity contribution >= 4 is 11.8 Å². The number of carbonyl (C=O) groups excluding carboxylic acids is 2. The van der Waals surface area contributed by atoms with Crippen LogP contribution in [0.25, 0.3) is 0 Å². The molecule has 5 nitrogen and oxygen atoms in total. The Kier molecular flexibility index (Phi) is 6.52. The molecule has 0 radical (unpaired) electrons. The lowest BCUT2D eigenvalue weighted by atomic mass is 9.71. The van der Waals surface area contributed by atoms with Gasteiger partial charge >= 0.3 is 0 Å². The van der Waals surface area contributed by atoms with Gasteiger partial charge in [-0.05, 0) is 36.5 Å². The van der Waals surface area contributed by atoms with Crippen LogP contribution in [0, 0.1) is 0 Å². The third kappa shape index (κ3) is 4.42. The molecule has 162 valence electrons. The highest BCUT2D eigenvalue weighted by Gasteiger charge is 2.46. The average molecular weight is 419 g/mol. The fraction of sp³-hybridized carbons (Fsp3) is 0.385. The highest BCUT2D eigenvalue weighted by molar-refractivity contribution is 5.90. The molecule has 1 unspecified atom stereocenters. The van der Waals surface area contributed by atoms with Crippen molar-refractivity contribution in [3.8, 4) is 0 Å². The summed E-state index contributed by atoms with van der Waals surface area (Å²) in [5.41, 5.74) is 1.51. The van der Waals surface area contributed by atoms with E-state index in [9.17, 15) is 9.59 Å². The number of benzene rings is 2. The zero-order chi connectivity index (χ0) is 21.7. The largest absolute Gasteiger partial charge is 0.372 e. The van der Waals surface area contributed by atoms with E-state index in [4.69, 9.17) is 4.74 Å². The molecule has 0 aromatic heterocycles. The Bertz CT molecular complexity index is 905. The maximum atomic E-state index is 14.1. The van der Waals surface area contributed by atoms with E-state index in [1.165, 1.54) is 6.08 Å². The number of nitrogens with zero attached hydrogens (tertiary/aromatic N) is 2. The van der Waals surface area contributed by atoms with Crippen molar-refractivity contribution < 1.29 is 14.3 Å². The number of likely N-dealkylation sites (tertiary alicyclic amines) is 1. The first-order chi connectivity index (χ1) is 15.1. The number of carbonyl (C=O) groups is 2. The van der Waals surface area contributed by atoms with Crippen molar-refractivity contribution in [3.63, 3.8) is 0 Å². The van der Waals surface area contributed by atoms with Crippen LogP contribution in [0.3, 0.4) is 0 Å². The summed E-state index contributed by atoms with van der Waals surface area (Å²) in [5, 5.41) is 0. The summed E-state index contributed by atoms with van der Waals surface area (Å²) in [7, 11) is 0. The van der Waals surface area contributed by atoms with Gasteiger partial charge in [-0.15, -0.1) is 0 Å². The number of ether oxygens (including phenoxy) is 1. The Hall–Kier alpha value is -2.92. The van der Waals surface area contributed by atoms with Crippen molar-refractivity contribution in [1.29, 1.82) is 0 Å². The second-order valence-electron chi connectivity index (χ2n) is 8.35. The fourth-order valence-corrected chi connectivity index (χ4v) is 4.80. The van der Waals surface area contributed by atoms with E-state index >= 15 is 0 Å². The van der Waals surface area contributed by atoms with Gasteiger partial charge in [-0.25, -0.2) is 0 Å². The number of rotatable bonds is 4. The molecule has 0 aliphatic carbocycles. The second kappa shape index (κ2) is 9.48. The molecule has 31 heavy (non-hydrogen) atoms. The molecule has 2 aliphatic rings. The number of hydrogen-bond acceptors (Lipinski definition) is 3. The minimum atomic E-state index is -0.620. The normalized spacial score (nSPS) is 21.2. The van der Waals surface area contributed by atoms with Crippen LogP contribution in [0.4, 0.5) is 0 Å². The first-order valence-corrected chi connectivity index (χ1v) is 11.1. The predicted molar refractivity (Wildman–Crippen MR) is 120 cm³/mol. The minimum absolute atomic E-state index is 0.0681. The average Bonchev–Trinajstić information content (AvgIpc) is 3.11. The van der Waals surface area contributed by atoms with Gasteiger partial charge in [0.1, 0.15) is 6.10 Å². The Morgan fingerprint density at radius 2 is 1.58 bits per heavy atom. The highest BCUT2D eigenvalue weighted by Crippen LogP contribution is 2.38. The fourth-order valence-electron chi connectivity index (χ4n) is 4.80. The molecule has 2 aliphatic heterocycles. The van der Waals surface area contributed by atoms with Gasteiger partial charge in [0.05, 0.1) is 12.0 Å². The van der Waals surface area contributed by atoms with Crippen LogP contribution in [-0.4, -0.2) is 54.4 Å². The molecule has 5 heteroatoms. The Morgan fingerprint density at radius 3 is 2.23 bits per heavy atom. The topological polar surface area (TPSA) is 49.9 Å². The van der Waals surface area contributed by atoms with E-state index in [1.807, 2.05) is 53.4 Å². The summed E-state index contributed by atoms with van der Waals surface area (Å²) in [6.07, 6.45) is 3.28. The number of piperidine rings is 1. The molecule has 4 rings (SSSR count). The SMILES string of the molecule is C=CC(=O)N1CCC(C(=O)N2CCCOC(c3ccccc3)C2)(c2ccccc2)CC1. The summed E-state index contributed by atoms with van der Waals surface area (Å²) in [5.74, 6) is 0.0808. The van der Waals surface area contributed by atoms with Crippen molar-refractivity contribution in [2.45, 2.75) is 30.8 Å². The van der Waals surface area contributed by atoms with E-state index < -0.39 is 5.41 Å². The summed E-state index contributed by atoms with van der Waals surface area (Å²) in [6, 6.07) is 20.2. The Balaban J connectivity index is 1.61. The van der Waals surface area contributed by atoms with Gasteiger partial charge in [-0.3, -0.25) is 9.59 Å². The van der Waals surface area contributed by atoms with Gasteiger partial charge in [0.15, 0.2) is 0 Å². The smallest absolute Gasteiger partial charge is 0.245 e. The summed E-state index contributed by atoms with van der Waals surface area (Å²) >= 11 is 0. The van der Waals surface area contributed by atoms with Crippen LogP contribution in [0.2, 0.25) is 0 Å². The summed E-state index contributed by atoms with van der Waals surface area (Å²) < 4.78 is 6.10. The minimum Gasteiger partial charge on any atom is -0.372 e. The zero-order valence-corrected chi connectivity index (χ0v) is 17.9. The molecule has 0 spiro atoms. The zero-order valence-electron chi connectivity index (χ0n) is 17.9. The van der Waals surface area contributed by atoms with Crippen molar-refractivity contribution in [1.82, 2.24) is 9.80 Å². The number of hydrogen-bond donors (Lipinski definition) is 0. The molecule has 1 atom stereocenters. The molecule has 0 bridgehead atoms. The van der Waals surface area contributed by atoms with Crippen molar-refractivity contribution in [3.05, 3.63) is 84.4 Å². The lowest BCUT2D eigenvalue weighted by Gasteiger charge is -2.43. The lowest BCUT2D eigenvalue weighted by Crippen LogP contribution is -2.54. The van der Waals surface area contributed by atoms with Crippen LogP contribution in [0.5, 0.6) is 0 Å².